The first-order chi connectivity index (χ1) is 3.73. The highest BCUT2D eigenvalue weighted by atomic mass is 32.2. The van der Waals surface area contributed by atoms with Gasteiger partial charge in [0.15, 0.2) is 0 Å². The van der Waals surface area contributed by atoms with Crippen LogP contribution < -0.4 is 23.4 Å². The van der Waals surface area contributed by atoms with Crippen LogP contribution in [0.25, 0.3) is 0 Å². The number of rotatable bonds is 0. The molecule has 54 valence electrons. The molecule has 0 saturated heterocycles. The van der Waals surface area contributed by atoms with Gasteiger partial charge in [-0.2, -0.15) is 4.21 Å². The van der Waals surface area contributed by atoms with E-state index in [0.29, 0.717) is 0 Å². The van der Waals surface area contributed by atoms with E-state index in [4.69, 9.17) is 13.3 Å². The maximum Gasteiger partial charge on any atom is 0.299 e. The summed E-state index contributed by atoms with van der Waals surface area (Å²) >= 11 is -2.61. The normalized spacial score (nSPS) is 5.88. The van der Waals surface area contributed by atoms with Crippen LogP contribution in [0.3, 0.4) is 0 Å². The van der Waals surface area contributed by atoms with Crippen molar-refractivity contribution in [3.63, 3.8) is 0 Å². The Kier molecular flexibility index (Phi) is 55.8. The van der Waals surface area contributed by atoms with Crippen molar-refractivity contribution < 1.29 is 13.3 Å². The lowest BCUT2D eigenvalue weighted by molar-refractivity contribution is 0.454. The minimum atomic E-state index is -2.61. The average molecular weight is 146 g/mol. The van der Waals surface area contributed by atoms with Gasteiger partial charge in [-0.1, -0.05) is 0 Å². The number of hydrogen-bond donors (Lipinski definition) is 6. The van der Waals surface area contributed by atoms with Gasteiger partial charge in [-0.15, -0.1) is 0 Å². The Morgan fingerprint density at radius 1 is 1.00 bits per heavy atom. The molecule has 0 aliphatic carbocycles. The Bertz CT molecular complexity index is 34.3. The Balaban J connectivity index is -0.0000000542. The van der Waals surface area contributed by atoms with Gasteiger partial charge < -0.3 is 0 Å². The lowest BCUT2D eigenvalue weighted by Gasteiger charge is -1.59. The van der Waals surface area contributed by atoms with Crippen LogP contribution in [0.2, 0.25) is 0 Å². The average Bonchev–Trinajstić information content (AvgIpc) is 1.75. The summed E-state index contributed by atoms with van der Waals surface area (Å²) < 4.78 is 22.8. The molecule has 0 heterocycles. The minimum absolute atomic E-state index is 2.61. The van der Waals surface area contributed by atoms with E-state index >= 15 is 0 Å². The number of hydrogen-bond acceptors (Lipinski definition) is 5. The van der Waals surface area contributed by atoms with Crippen molar-refractivity contribution in [2.75, 3.05) is 0 Å². The molecule has 0 rings (SSSR count). The zero-order chi connectivity index (χ0) is 7.58. The SMILES string of the molecule is NN.NN.O=S(O)O. The Labute approximate surface area is 49.1 Å². The molecular formula is H10N4O3S. The number of nitrogens with two attached hydrogens (primary N) is 4. The maximum atomic E-state index is 8.67. The highest BCUT2D eigenvalue weighted by molar-refractivity contribution is 7.73. The molecule has 0 radical (unpaired) electrons. The summed E-state index contributed by atoms with van der Waals surface area (Å²) in [5.41, 5.74) is 0. The van der Waals surface area contributed by atoms with Crippen molar-refractivity contribution in [1.29, 1.82) is 0 Å². The topological polar surface area (TPSA) is 162 Å². The molecule has 0 aromatic carbocycles. The van der Waals surface area contributed by atoms with Gasteiger partial charge >= 0.3 is 0 Å². The molecular weight excluding hydrogens is 136 g/mol. The summed E-state index contributed by atoms with van der Waals surface area (Å²) in [6, 6.07) is 0. The fourth-order valence-electron chi connectivity index (χ4n) is 0. The summed E-state index contributed by atoms with van der Waals surface area (Å²) in [5, 5.41) is 0. The summed E-state index contributed by atoms with van der Waals surface area (Å²) in [5.74, 6) is 16.0. The van der Waals surface area contributed by atoms with Crippen molar-refractivity contribution in [1.82, 2.24) is 0 Å². The quantitative estimate of drug-likeness (QED) is 0.123. The lowest BCUT2D eigenvalue weighted by Crippen LogP contribution is -2.02. The smallest absolute Gasteiger partial charge is 0.284 e. The third-order valence-corrected chi connectivity index (χ3v) is 0. The molecule has 8 heteroatoms. The molecule has 0 aromatic rings. The first-order valence-electron chi connectivity index (χ1n) is 1.20. The summed E-state index contributed by atoms with van der Waals surface area (Å²) in [4.78, 5) is 0. The third-order valence-electron chi connectivity index (χ3n) is 0. The van der Waals surface area contributed by atoms with Gasteiger partial charge in [-0.25, -0.2) is 0 Å². The van der Waals surface area contributed by atoms with Crippen LogP contribution in [0.4, 0.5) is 0 Å². The molecule has 0 aliphatic rings. The van der Waals surface area contributed by atoms with E-state index in [1.54, 1.807) is 0 Å². The summed E-state index contributed by atoms with van der Waals surface area (Å²) in [6.45, 7) is 0. The van der Waals surface area contributed by atoms with Gasteiger partial charge in [0.25, 0.3) is 11.4 Å². The van der Waals surface area contributed by atoms with E-state index in [9.17, 15) is 0 Å². The Morgan fingerprint density at radius 2 is 1.00 bits per heavy atom. The van der Waals surface area contributed by atoms with Crippen LogP contribution in [0.5, 0.6) is 0 Å². The standard InChI is InChI=1S/2H4N2.H2O3S/c2*1-2;1-4(2)3/h2*1-2H2;(H2,1,2,3). The zero-order valence-corrected chi connectivity index (χ0v) is 4.84. The molecule has 0 bridgehead atoms. The van der Waals surface area contributed by atoms with Crippen LogP contribution in [0, 0.1) is 0 Å². The lowest BCUT2D eigenvalue weighted by atomic mass is 13.0. The highest BCUT2D eigenvalue weighted by Gasteiger charge is 1.62. The van der Waals surface area contributed by atoms with Crippen LogP contribution in [-0.4, -0.2) is 13.3 Å². The van der Waals surface area contributed by atoms with Gasteiger partial charge in [0.1, 0.15) is 0 Å². The van der Waals surface area contributed by atoms with Gasteiger partial charge in [0.05, 0.1) is 0 Å². The molecule has 0 fully saturated rings. The molecule has 8 heavy (non-hydrogen) atoms. The van der Waals surface area contributed by atoms with Crippen molar-refractivity contribution in [3.8, 4) is 0 Å². The zero-order valence-electron chi connectivity index (χ0n) is 4.02. The first kappa shape index (κ1) is 15.7. The number of hydrazine groups is 2. The summed E-state index contributed by atoms with van der Waals surface area (Å²) in [7, 11) is 0. The largest absolute Gasteiger partial charge is 0.299 e. The van der Waals surface area contributed by atoms with Crippen molar-refractivity contribution >= 4 is 11.4 Å². The molecule has 7 nitrogen and oxygen atoms in total. The monoisotopic (exact) mass is 146 g/mol. The Hall–Kier alpha value is -0.0900. The van der Waals surface area contributed by atoms with Gasteiger partial charge in [-0.05, 0) is 0 Å². The molecule has 0 aromatic heterocycles. The van der Waals surface area contributed by atoms with E-state index in [2.05, 4.69) is 23.4 Å². The predicted octanol–water partition coefficient (Wildman–Crippen LogP) is -2.68. The van der Waals surface area contributed by atoms with Crippen molar-refractivity contribution in [3.05, 3.63) is 0 Å². The van der Waals surface area contributed by atoms with Crippen molar-refractivity contribution in [2.24, 2.45) is 23.4 Å². The molecule has 0 saturated carbocycles. The van der Waals surface area contributed by atoms with Gasteiger partial charge in [-0.3, -0.25) is 32.5 Å². The molecule has 0 aliphatic heterocycles. The van der Waals surface area contributed by atoms with Crippen LogP contribution in [0.1, 0.15) is 0 Å². The highest BCUT2D eigenvalue weighted by Crippen LogP contribution is 1.44. The maximum absolute atomic E-state index is 8.67. The molecule has 0 atom stereocenters. The second-order valence-electron chi connectivity index (χ2n) is 0.231. The summed E-state index contributed by atoms with van der Waals surface area (Å²) in [6.07, 6.45) is 0. The van der Waals surface area contributed by atoms with E-state index in [1.807, 2.05) is 0 Å². The molecule has 0 spiro atoms. The van der Waals surface area contributed by atoms with E-state index < -0.39 is 11.4 Å². The second kappa shape index (κ2) is 28.5. The molecule has 0 amide bonds. The Morgan fingerprint density at radius 3 is 1.00 bits per heavy atom. The first-order valence-corrected chi connectivity index (χ1v) is 2.26. The van der Waals surface area contributed by atoms with E-state index in [0.717, 1.165) is 0 Å². The van der Waals surface area contributed by atoms with Gasteiger partial charge in [0, 0.05) is 0 Å². The van der Waals surface area contributed by atoms with E-state index in [1.165, 1.54) is 0 Å². The fourth-order valence-corrected chi connectivity index (χ4v) is 0. The minimum Gasteiger partial charge on any atom is -0.284 e. The van der Waals surface area contributed by atoms with Crippen LogP contribution >= 0.6 is 0 Å². The third kappa shape index (κ3) is 17600. The van der Waals surface area contributed by atoms with Crippen LogP contribution in [0.15, 0.2) is 0 Å². The van der Waals surface area contributed by atoms with Gasteiger partial charge in [0.2, 0.25) is 0 Å². The van der Waals surface area contributed by atoms with E-state index in [-0.39, 0.29) is 0 Å². The molecule has 10 N–H and O–H groups in total. The van der Waals surface area contributed by atoms with Crippen molar-refractivity contribution in [2.45, 2.75) is 0 Å². The predicted molar refractivity (Wildman–Crippen MR) is 30.1 cm³/mol. The van der Waals surface area contributed by atoms with Crippen LogP contribution in [-0.2, 0) is 11.4 Å². The molecule has 0 unspecified atom stereocenters. The second-order valence-corrected chi connectivity index (χ2v) is 0.692. The fraction of sp³-hybridized carbons (Fsp3) is 0.